The van der Waals surface area contributed by atoms with E-state index in [1.807, 2.05) is 36.6 Å². The van der Waals surface area contributed by atoms with Crippen LogP contribution in [0.4, 0.5) is 5.69 Å². The van der Waals surface area contributed by atoms with E-state index in [9.17, 15) is 13.2 Å². The van der Waals surface area contributed by atoms with Crippen LogP contribution in [0.15, 0.2) is 58.8 Å². The summed E-state index contributed by atoms with van der Waals surface area (Å²) in [6.07, 6.45) is 2.69. The van der Waals surface area contributed by atoms with E-state index in [0.29, 0.717) is 30.8 Å². The highest BCUT2D eigenvalue weighted by atomic mass is 32.2. The summed E-state index contributed by atoms with van der Waals surface area (Å²) in [7, 11) is -3.40. The molecule has 3 aromatic rings. The van der Waals surface area contributed by atoms with Gasteiger partial charge in [0.25, 0.3) is 0 Å². The number of aromatic nitrogens is 1. The second kappa shape index (κ2) is 9.30. The van der Waals surface area contributed by atoms with Crippen molar-refractivity contribution in [3.8, 4) is 11.3 Å². The van der Waals surface area contributed by atoms with Crippen LogP contribution in [0.3, 0.4) is 0 Å². The molecular weight excluding hydrogens is 430 g/mol. The van der Waals surface area contributed by atoms with Crippen LogP contribution in [0.2, 0.25) is 0 Å². The zero-order valence-electron chi connectivity index (χ0n) is 17.4. The van der Waals surface area contributed by atoms with Crippen LogP contribution in [0.5, 0.6) is 0 Å². The van der Waals surface area contributed by atoms with E-state index in [4.69, 9.17) is 0 Å². The van der Waals surface area contributed by atoms with Gasteiger partial charge in [0.1, 0.15) is 0 Å². The summed E-state index contributed by atoms with van der Waals surface area (Å²) < 4.78 is 26.7. The number of carbonyl (C=O) groups excluding carboxylic acids is 1. The summed E-state index contributed by atoms with van der Waals surface area (Å²) in [6, 6.07) is 14.5. The first-order valence-corrected chi connectivity index (χ1v) is 12.7. The van der Waals surface area contributed by atoms with Gasteiger partial charge in [-0.2, -0.15) is 4.31 Å². The van der Waals surface area contributed by atoms with Crippen molar-refractivity contribution in [2.24, 2.45) is 0 Å². The van der Waals surface area contributed by atoms with Crippen molar-refractivity contribution in [2.75, 3.05) is 18.4 Å². The van der Waals surface area contributed by atoms with Gasteiger partial charge in [-0.15, -0.1) is 11.3 Å². The van der Waals surface area contributed by atoms with E-state index in [1.54, 1.807) is 35.6 Å². The Morgan fingerprint density at radius 1 is 1.13 bits per heavy atom. The van der Waals surface area contributed by atoms with E-state index in [1.165, 1.54) is 4.31 Å². The molecule has 1 amide bonds. The number of sulfonamides is 1. The Morgan fingerprint density at radius 3 is 2.55 bits per heavy atom. The van der Waals surface area contributed by atoms with Crippen LogP contribution < -0.4 is 5.32 Å². The number of carbonyl (C=O) groups is 1. The van der Waals surface area contributed by atoms with Crippen molar-refractivity contribution in [1.82, 2.24) is 9.29 Å². The summed E-state index contributed by atoms with van der Waals surface area (Å²) in [5, 5.41) is 5.94. The predicted octanol–water partition coefficient (Wildman–Crippen LogP) is 4.47. The van der Waals surface area contributed by atoms with Gasteiger partial charge in [-0.25, -0.2) is 13.4 Å². The Morgan fingerprint density at radius 2 is 1.87 bits per heavy atom. The lowest BCUT2D eigenvalue weighted by Gasteiger charge is -2.15. The topological polar surface area (TPSA) is 79.4 Å². The highest BCUT2D eigenvalue weighted by molar-refractivity contribution is 7.89. The van der Waals surface area contributed by atoms with Gasteiger partial charge in [0.15, 0.2) is 0 Å². The van der Waals surface area contributed by atoms with Crippen molar-refractivity contribution in [1.29, 1.82) is 0 Å². The highest BCUT2D eigenvalue weighted by Crippen LogP contribution is 2.25. The average Bonchev–Trinajstić information content (AvgIpc) is 3.45. The molecule has 2 aromatic carbocycles. The van der Waals surface area contributed by atoms with Crippen molar-refractivity contribution in [2.45, 2.75) is 37.5 Å². The maximum Gasteiger partial charge on any atom is 0.243 e. The third-order valence-corrected chi connectivity index (χ3v) is 8.01. The largest absolute Gasteiger partial charge is 0.326 e. The molecule has 6 nitrogen and oxygen atoms in total. The Kier molecular flexibility index (Phi) is 6.50. The monoisotopic (exact) mass is 455 g/mol. The molecule has 8 heteroatoms. The predicted molar refractivity (Wildman–Crippen MR) is 124 cm³/mol. The standard InChI is InChI=1S/C23H25N3O3S2/c1-17-24-22(16-30-17)19-5-4-6-20(15-19)25-23(27)12-9-18-7-10-21(11-8-18)31(28,29)26-13-2-3-14-26/h4-8,10-11,15-16H,2-3,9,12-14H2,1H3,(H,25,27). The molecule has 162 valence electrons. The van der Waals surface area contributed by atoms with Crippen molar-refractivity contribution in [3.05, 3.63) is 64.5 Å². The minimum absolute atomic E-state index is 0.0830. The number of hydrogen-bond acceptors (Lipinski definition) is 5. The molecule has 0 saturated carbocycles. The second-order valence-electron chi connectivity index (χ2n) is 7.64. The molecule has 0 atom stereocenters. The quantitative estimate of drug-likeness (QED) is 0.570. The van der Waals surface area contributed by atoms with Crippen LogP contribution >= 0.6 is 11.3 Å². The minimum atomic E-state index is -3.40. The SMILES string of the molecule is Cc1nc(-c2cccc(NC(=O)CCc3ccc(S(=O)(=O)N4CCCC4)cc3)c2)cs1. The first-order chi connectivity index (χ1) is 14.9. The van der Waals surface area contributed by atoms with Crippen LogP contribution in [-0.2, 0) is 21.2 Å². The highest BCUT2D eigenvalue weighted by Gasteiger charge is 2.26. The molecule has 1 N–H and O–H groups in total. The third-order valence-electron chi connectivity index (χ3n) is 5.33. The van der Waals surface area contributed by atoms with Gasteiger partial charge in [0.05, 0.1) is 15.6 Å². The number of thiazole rings is 1. The smallest absolute Gasteiger partial charge is 0.243 e. The van der Waals surface area contributed by atoms with Gasteiger partial charge in [-0.1, -0.05) is 24.3 Å². The molecule has 0 radical (unpaired) electrons. The maximum atomic E-state index is 12.6. The summed E-state index contributed by atoms with van der Waals surface area (Å²) in [5.74, 6) is -0.0830. The molecule has 0 unspecified atom stereocenters. The van der Waals surface area contributed by atoms with E-state index >= 15 is 0 Å². The normalized spacial score (nSPS) is 14.6. The molecule has 0 aliphatic carbocycles. The first-order valence-electron chi connectivity index (χ1n) is 10.3. The molecule has 0 bridgehead atoms. The number of rotatable bonds is 7. The lowest BCUT2D eigenvalue weighted by Crippen LogP contribution is -2.27. The van der Waals surface area contributed by atoms with E-state index in [2.05, 4.69) is 10.3 Å². The number of anilines is 1. The molecule has 1 fully saturated rings. The number of benzene rings is 2. The van der Waals surface area contributed by atoms with Crippen molar-refractivity contribution < 1.29 is 13.2 Å². The zero-order valence-corrected chi connectivity index (χ0v) is 19.0. The fraction of sp³-hybridized carbons (Fsp3) is 0.304. The zero-order chi connectivity index (χ0) is 21.8. The third kappa shape index (κ3) is 5.20. The number of nitrogens with one attached hydrogen (secondary N) is 1. The number of hydrogen-bond donors (Lipinski definition) is 1. The minimum Gasteiger partial charge on any atom is -0.326 e. The molecule has 1 aromatic heterocycles. The Balaban J connectivity index is 1.34. The van der Waals surface area contributed by atoms with Crippen LogP contribution in [-0.4, -0.2) is 36.7 Å². The maximum absolute atomic E-state index is 12.6. The average molecular weight is 456 g/mol. The summed E-state index contributed by atoms with van der Waals surface area (Å²) in [5.41, 5.74) is 3.54. The molecule has 2 heterocycles. The lowest BCUT2D eigenvalue weighted by molar-refractivity contribution is -0.116. The second-order valence-corrected chi connectivity index (χ2v) is 10.6. The molecule has 1 aliphatic rings. The lowest BCUT2D eigenvalue weighted by atomic mass is 10.1. The van der Waals surface area contributed by atoms with Crippen LogP contribution in [0, 0.1) is 6.92 Å². The summed E-state index contributed by atoms with van der Waals surface area (Å²) >= 11 is 1.60. The Labute approximate surface area is 187 Å². The number of amides is 1. The fourth-order valence-corrected chi connectivity index (χ4v) is 5.78. The molecular formula is C23H25N3O3S2. The number of nitrogens with zero attached hydrogens (tertiary/aromatic N) is 2. The van der Waals surface area contributed by atoms with E-state index in [-0.39, 0.29) is 5.91 Å². The van der Waals surface area contributed by atoms with Crippen molar-refractivity contribution >= 4 is 33.0 Å². The first kappa shape index (κ1) is 21.7. The van der Waals surface area contributed by atoms with Crippen molar-refractivity contribution in [3.63, 3.8) is 0 Å². The van der Waals surface area contributed by atoms with Gasteiger partial charge in [-0.3, -0.25) is 4.79 Å². The van der Waals surface area contributed by atoms with E-state index in [0.717, 1.165) is 40.4 Å². The molecule has 1 aliphatic heterocycles. The Hall–Kier alpha value is -2.55. The number of aryl methyl sites for hydroxylation is 2. The molecule has 4 rings (SSSR count). The molecule has 31 heavy (non-hydrogen) atoms. The van der Waals surface area contributed by atoms with Gasteiger partial charge >= 0.3 is 0 Å². The van der Waals surface area contributed by atoms with Gasteiger partial charge in [0, 0.05) is 36.1 Å². The van der Waals surface area contributed by atoms with Gasteiger partial charge < -0.3 is 5.32 Å². The van der Waals surface area contributed by atoms with Crippen LogP contribution in [0.25, 0.3) is 11.3 Å². The van der Waals surface area contributed by atoms with Gasteiger partial charge in [0.2, 0.25) is 15.9 Å². The van der Waals surface area contributed by atoms with Gasteiger partial charge in [-0.05, 0) is 56.0 Å². The van der Waals surface area contributed by atoms with E-state index < -0.39 is 10.0 Å². The summed E-state index contributed by atoms with van der Waals surface area (Å²) in [4.78, 5) is 17.2. The molecule has 1 saturated heterocycles. The summed E-state index contributed by atoms with van der Waals surface area (Å²) in [6.45, 7) is 3.15. The molecule has 0 spiro atoms. The fourth-order valence-electron chi connectivity index (χ4n) is 3.64. The Bertz CT molecular complexity index is 1160. The van der Waals surface area contributed by atoms with Crippen LogP contribution in [0.1, 0.15) is 29.8 Å².